The minimum atomic E-state index is -4.34. The molecule has 2 nitrogen and oxygen atoms in total. The SMILES string of the molecule is CN(CC(=O)c1cc(Cl)ccc1Cl)CC(F)(F)F. The zero-order valence-electron chi connectivity index (χ0n) is 9.39. The molecule has 0 saturated carbocycles. The normalized spacial score (nSPS) is 11.9. The van der Waals surface area contributed by atoms with E-state index in [4.69, 9.17) is 23.2 Å². The molecule has 0 aliphatic heterocycles. The molecule has 0 bridgehead atoms. The molecule has 1 rings (SSSR count). The molecule has 18 heavy (non-hydrogen) atoms. The van der Waals surface area contributed by atoms with Crippen LogP contribution in [0.2, 0.25) is 10.0 Å². The van der Waals surface area contributed by atoms with Gasteiger partial charge in [-0.25, -0.2) is 0 Å². The summed E-state index contributed by atoms with van der Waals surface area (Å²) in [5.74, 6) is -0.505. The van der Waals surface area contributed by atoms with Gasteiger partial charge in [0.15, 0.2) is 5.78 Å². The molecule has 0 aromatic heterocycles. The molecule has 0 aliphatic rings. The van der Waals surface area contributed by atoms with Gasteiger partial charge in [-0.1, -0.05) is 23.2 Å². The van der Waals surface area contributed by atoms with Crippen LogP contribution in [0, 0.1) is 0 Å². The molecule has 1 aromatic rings. The Kier molecular flexibility index (Phi) is 5.01. The highest BCUT2D eigenvalue weighted by Crippen LogP contribution is 2.22. The van der Waals surface area contributed by atoms with Crippen molar-refractivity contribution in [2.24, 2.45) is 0 Å². The molecule has 100 valence electrons. The number of carbonyl (C=O) groups excluding carboxylic acids is 1. The van der Waals surface area contributed by atoms with Crippen LogP contribution < -0.4 is 0 Å². The molecule has 1 aromatic carbocycles. The Morgan fingerprint density at radius 1 is 1.33 bits per heavy atom. The number of alkyl halides is 3. The molecular formula is C11H10Cl2F3NO. The number of carbonyl (C=O) groups is 1. The van der Waals surface area contributed by atoms with Crippen molar-refractivity contribution in [3.8, 4) is 0 Å². The van der Waals surface area contributed by atoms with Gasteiger partial charge in [-0.2, -0.15) is 13.2 Å². The average molecular weight is 300 g/mol. The van der Waals surface area contributed by atoms with Gasteiger partial charge in [0.1, 0.15) is 0 Å². The van der Waals surface area contributed by atoms with Gasteiger partial charge in [0, 0.05) is 10.6 Å². The summed E-state index contributed by atoms with van der Waals surface area (Å²) in [5, 5.41) is 0.478. The molecular weight excluding hydrogens is 290 g/mol. The molecule has 0 atom stereocenters. The molecule has 0 radical (unpaired) electrons. The maximum absolute atomic E-state index is 12.1. The van der Waals surface area contributed by atoms with E-state index < -0.39 is 18.5 Å². The first-order valence-electron chi connectivity index (χ1n) is 4.92. The lowest BCUT2D eigenvalue weighted by atomic mass is 10.1. The topological polar surface area (TPSA) is 20.3 Å². The van der Waals surface area contributed by atoms with Crippen molar-refractivity contribution in [2.75, 3.05) is 20.1 Å². The molecule has 0 amide bonds. The Labute approximate surface area is 112 Å². The van der Waals surface area contributed by atoms with Crippen molar-refractivity contribution >= 4 is 29.0 Å². The number of hydrogen-bond donors (Lipinski definition) is 0. The van der Waals surface area contributed by atoms with Crippen LogP contribution in [0.15, 0.2) is 18.2 Å². The van der Waals surface area contributed by atoms with E-state index in [2.05, 4.69) is 0 Å². The number of halogens is 5. The highest BCUT2D eigenvalue weighted by Gasteiger charge is 2.30. The summed E-state index contributed by atoms with van der Waals surface area (Å²) in [6.45, 7) is -1.53. The average Bonchev–Trinajstić information content (AvgIpc) is 2.18. The van der Waals surface area contributed by atoms with Crippen molar-refractivity contribution in [1.29, 1.82) is 0 Å². The summed E-state index contributed by atoms with van der Waals surface area (Å²) in [7, 11) is 1.21. The summed E-state index contributed by atoms with van der Waals surface area (Å²) in [4.78, 5) is 12.6. The van der Waals surface area contributed by atoms with Crippen molar-refractivity contribution < 1.29 is 18.0 Å². The zero-order chi connectivity index (χ0) is 13.9. The molecule has 0 aliphatic carbocycles. The Balaban J connectivity index is 2.74. The molecule has 0 spiro atoms. The van der Waals surface area contributed by atoms with Gasteiger partial charge in [-0.05, 0) is 25.2 Å². The van der Waals surface area contributed by atoms with E-state index in [9.17, 15) is 18.0 Å². The largest absolute Gasteiger partial charge is 0.401 e. The Hall–Kier alpha value is -0.780. The van der Waals surface area contributed by atoms with E-state index in [0.717, 1.165) is 4.90 Å². The van der Waals surface area contributed by atoms with E-state index in [-0.39, 0.29) is 17.1 Å². The minimum Gasteiger partial charge on any atom is -0.293 e. The second kappa shape index (κ2) is 5.91. The third-order valence-corrected chi connectivity index (χ3v) is 2.66. The Morgan fingerprint density at radius 2 is 1.94 bits per heavy atom. The second-order valence-electron chi connectivity index (χ2n) is 3.83. The van der Waals surface area contributed by atoms with E-state index in [1.807, 2.05) is 0 Å². The predicted octanol–water partition coefficient (Wildman–Crippen LogP) is 3.67. The summed E-state index contributed by atoms with van der Waals surface area (Å²) in [5.41, 5.74) is 0.123. The number of benzene rings is 1. The molecule has 0 saturated heterocycles. The third kappa shape index (κ3) is 4.84. The molecule has 7 heteroatoms. The van der Waals surface area contributed by atoms with Gasteiger partial charge in [0.2, 0.25) is 0 Å². The summed E-state index contributed by atoms with van der Waals surface area (Å²) in [6.07, 6.45) is -4.34. The van der Waals surface area contributed by atoms with Crippen LogP contribution >= 0.6 is 23.2 Å². The van der Waals surface area contributed by atoms with Gasteiger partial charge >= 0.3 is 6.18 Å². The van der Waals surface area contributed by atoms with Gasteiger partial charge < -0.3 is 0 Å². The number of Topliss-reactive ketones (excluding diaryl/α,β-unsaturated/α-hetero) is 1. The molecule has 0 heterocycles. The smallest absolute Gasteiger partial charge is 0.293 e. The van der Waals surface area contributed by atoms with Crippen LogP contribution in [0.3, 0.4) is 0 Å². The van der Waals surface area contributed by atoms with Gasteiger partial charge in [-0.15, -0.1) is 0 Å². The standard InChI is InChI=1S/C11H10Cl2F3NO/c1-17(6-11(14,15)16)5-10(18)8-4-7(12)2-3-9(8)13/h2-4H,5-6H2,1H3. The number of nitrogens with zero attached hydrogens (tertiary/aromatic N) is 1. The monoisotopic (exact) mass is 299 g/mol. The summed E-state index contributed by atoms with van der Waals surface area (Å²) < 4.78 is 36.3. The van der Waals surface area contributed by atoms with Gasteiger partial charge in [-0.3, -0.25) is 9.69 Å². The molecule has 0 unspecified atom stereocenters. The van der Waals surface area contributed by atoms with Crippen molar-refractivity contribution in [2.45, 2.75) is 6.18 Å². The van der Waals surface area contributed by atoms with E-state index >= 15 is 0 Å². The molecule has 0 fully saturated rings. The highest BCUT2D eigenvalue weighted by molar-refractivity contribution is 6.36. The van der Waals surface area contributed by atoms with Crippen molar-refractivity contribution in [3.05, 3.63) is 33.8 Å². The number of hydrogen-bond acceptors (Lipinski definition) is 2. The quantitative estimate of drug-likeness (QED) is 0.791. The fraction of sp³-hybridized carbons (Fsp3) is 0.364. The van der Waals surface area contributed by atoms with Crippen LogP contribution in [0.1, 0.15) is 10.4 Å². The first-order chi connectivity index (χ1) is 8.19. The second-order valence-corrected chi connectivity index (χ2v) is 4.68. The first kappa shape index (κ1) is 15.3. The minimum absolute atomic E-state index is 0.123. The summed E-state index contributed by atoms with van der Waals surface area (Å²) >= 11 is 11.5. The fourth-order valence-corrected chi connectivity index (χ4v) is 1.80. The predicted molar refractivity (Wildman–Crippen MR) is 64.3 cm³/mol. The maximum atomic E-state index is 12.1. The fourth-order valence-electron chi connectivity index (χ4n) is 1.40. The summed E-state index contributed by atoms with van der Waals surface area (Å²) in [6, 6.07) is 4.27. The zero-order valence-corrected chi connectivity index (χ0v) is 10.9. The van der Waals surface area contributed by atoms with E-state index in [1.165, 1.54) is 25.2 Å². The van der Waals surface area contributed by atoms with E-state index in [1.54, 1.807) is 0 Å². The van der Waals surface area contributed by atoms with Gasteiger partial charge in [0.05, 0.1) is 18.1 Å². The van der Waals surface area contributed by atoms with Crippen molar-refractivity contribution in [3.63, 3.8) is 0 Å². The molecule has 0 N–H and O–H groups in total. The van der Waals surface area contributed by atoms with Crippen LogP contribution in [-0.2, 0) is 0 Å². The number of rotatable bonds is 4. The van der Waals surface area contributed by atoms with Crippen LogP contribution in [0.4, 0.5) is 13.2 Å². The lowest BCUT2D eigenvalue weighted by molar-refractivity contribution is -0.141. The highest BCUT2D eigenvalue weighted by atomic mass is 35.5. The number of ketones is 1. The lowest BCUT2D eigenvalue weighted by Gasteiger charge is -2.17. The van der Waals surface area contributed by atoms with Gasteiger partial charge in [0.25, 0.3) is 0 Å². The van der Waals surface area contributed by atoms with Crippen LogP contribution in [0.25, 0.3) is 0 Å². The van der Waals surface area contributed by atoms with E-state index in [0.29, 0.717) is 5.02 Å². The number of likely N-dealkylation sites (N-methyl/N-ethyl adjacent to an activating group) is 1. The van der Waals surface area contributed by atoms with Crippen LogP contribution in [-0.4, -0.2) is 37.0 Å². The first-order valence-corrected chi connectivity index (χ1v) is 5.68. The Morgan fingerprint density at radius 3 is 2.50 bits per heavy atom. The van der Waals surface area contributed by atoms with Crippen molar-refractivity contribution in [1.82, 2.24) is 4.90 Å². The maximum Gasteiger partial charge on any atom is 0.401 e. The lowest BCUT2D eigenvalue weighted by Crippen LogP contribution is -2.34. The third-order valence-electron chi connectivity index (χ3n) is 2.09. The Bertz CT molecular complexity index is 448. The van der Waals surface area contributed by atoms with Crippen LogP contribution in [0.5, 0.6) is 0 Å².